The Hall–Kier alpha value is -1.35. The topological polar surface area (TPSA) is 38.3 Å². The molecule has 0 radical (unpaired) electrons. The minimum atomic E-state index is 0.146. The smallest absolute Gasteiger partial charge is 0.223 e. The Labute approximate surface area is 127 Å². The van der Waals surface area contributed by atoms with Crippen LogP contribution in [0.4, 0.5) is 0 Å². The Kier molecular flexibility index (Phi) is 4.59. The largest absolute Gasteiger partial charge is 0.381 e. The molecule has 1 saturated heterocycles. The van der Waals surface area contributed by atoms with Gasteiger partial charge in [-0.3, -0.25) is 4.79 Å². The summed E-state index contributed by atoms with van der Waals surface area (Å²) in [5, 5.41) is 3.24. The van der Waals surface area contributed by atoms with E-state index in [4.69, 9.17) is 4.74 Å². The summed E-state index contributed by atoms with van der Waals surface area (Å²) in [5.74, 6) is 0.369. The number of nitrogens with one attached hydrogen (secondary N) is 1. The minimum Gasteiger partial charge on any atom is -0.381 e. The van der Waals surface area contributed by atoms with Crippen LogP contribution >= 0.6 is 0 Å². The van der Waals surface area contributed by atoms with Gasteiger partial charge in [-0.25, -0.2) is 0 Å². The summed E-state index contributed by atoms with van der Waals surface area (Å²) in [6, 6.07) is 10.7. The lowest BCUT2D eigenvalue weighted by Crippen LogP contribution is -2.42. The number of rotatable bonds is 4. The van der Waals surface area contributed by atoms with Crippen LogP contribution in [-0.4, -0.2) is 25.7 Å². The van der Waals surface area contributed by atoms with Gasteiger partial charge in [0.05, 0.1) is 0 Å². The summed E-state index contributed by atoms with van der Waals surface area (Å²) >= 11 is 0. The summed E-state index contributed by atoms with van der Waals surface area (Å²) < 4.78 is 5.34. The molecule has 0 bridgehead atoms. The number of carbonyl (C=O) groups excluding carboxylic acids is 1. The van der Waals surface area contributed by atoms with Crippen LogP contribution in [0.15, 0.2) is 30.3 Å². The second-order valence-electron chi connectivity index (χ2n) is 6.46. The molecule has 1 aromatic carbocycles. The molecule has 0 aromatic heterocycles. The van der Waals surface area contributed by atoms with Crippen molar-refractivity contribution in [2.75, 3.05) is 19.8 Å². The Bertz CT molecular complexity index is 459. The number of benzene rings is 1. The first-order chi connectivity index (χ1) is 10.3. The summed E-state index contributed by atoms with van der Waals surface area (Å²) in [4.78, 5) is 12.4. The molecule has 1 aliphatic heterocycles. The molecular weight excluding hydrogens is 262 g/mol. The van der Waals surface area contributed by atoms with E-state index < -0.39 is 0 Å². The highest BCUT2D eigenvalue weighted by molar-refractivity contribution is 5.78. The highest BCUT2D eigenvalue weighted by Crippen LogP contribution is 2.40. The molecule has 3 nitrogen and oxygen atoms in total. The van der Waals surface area contributed by atoms with E-state index in [1.807, 2.05) is 0 Å². The predicted molar refractivity (Wildman–Crippen MR) is 83.1 cm³/mol. The number of ether oxygens (including phenoxy) is 1. The number of hydrogen-bond donors (Lipinski definition) is 1. The standard InChI is InChI=1S/C18H25NO2/c20-17(15-8-12-21-13-9-15)19-14-18(10-4-5-11-18)16-6-2-1-3-7-16/h1-3,6-7,15H,4-5,8-14H2,(H,19,20). The van der Waals surface area contributed by atoms with E-state index in [0.717, 1.165) is 32.6 Å². The van der Waals surface area contributed by atoms with Gasteiger partial charge in [-0.05, 0) is 31.2 Å². The Morgan fingerprint density at radius 1 is 1.14 bits per heavy atom. The van der Waals surface area contributed by atoms with Crippen molar-refractivity contribution in [2.45, 2.75) is 43.9 Å². The maximum Gasteiger partial charge on any atom is 0.223 e. The van der Waals surface area contributed by atoms with Crippen molar-refractivity contribution in [1.29, 1.82) is 0 Å². The molecular formula is C18H25NO2. The molecule has 1 heterocycles. The van der Waals surface area contributed by atoms with E-state index in [9.17, 15) is 4.79 Å². The fourth-order valence-corrected chi connectivity index (χ4v) is 3.77. The maximum atomic E-state index is 12.4. The van der Waals surface area contributed by atoms with Crippen LogP contribution in [0.2, 0.25) is 0 Å². The van der Waals surface area contributed by atoms with Crippen molar-refractivity contribution in [3.63, 3.8) is 0 Å². The first-order valence-electron chi connectivity index (χ1n) is 8.21. The van der Waals surface area contributed by atoms with E-state index in [0.29, 0.717) is 0 Å². The summed E-state index contributed by atoms with van der Waals surface area (Å²) in [6.07, 6.45) is 6.63. The molecule has 1 saturated carbocycles. The Morgan fingerprint density at radius 3 is 2.48 bits per heavy atom. The Morgan fingerprint density at radius 2 is 1.81 bits per heavy atom. The van der Waals surface area contributed by atoms with Gasteiger partial charge in [0.2, 0.25) is 5.91 Å². The van der Waals surface area contributed by atoms with Gasteiger partial charge in [-0.2, -0.15) is 0 Å². The van der Waals surface area contributed by atoms with Gasteiger partial charge < -0.3 is 10.1 Å². The number of amides is 1. The zero-order valence-corrected chi connectivity index (χ0v) is 12.6. The normalized spacial score (nSPS) is 22.1. The van der Waals surface area contributed by atoms with Gasteiger partial charge in [0, 0.05) is 31.1 Å². The highest BCUT2D eigenvalue weighted by Gasteiger charge is 2.36. The summed E-state index contributed by atoms with van der Waals surface area (Å²) in [6.45, 7) is 2.23. The van der Waals surface area contributed by atoms with Crippen LogP contribution in [0.25, 0.3) is 0 Å². The van der Waals surface area contributed by atoms with Crippen LogP contribution in [0.3, 0.4) is 0 Å². The zero-order chi connectivity index (χ0) is 14.5. The van der Waals surface area contributed by atoms with Crippen LogP contribution in [0, 0.1) is 5.92 Å². The monoisotopic (exact) mass is 287 g/mol. The molecule has 0 unspecified atom stereocenters. The van der Waals surface area contributed by atoms with Crippen molar-refractivity contribution < 1.29 is 9.53 Å². The van der Waals surface area contributed by atoms with E-state index in [1.165, 1.54) is 31.2 Å². The van der Waals surface area contributed by atoms with Crippen molar-refractivity contribution in [3.05, 3.63) is 35.9 Å². The van der Waals surface area contributed by atoms with Gasteiger partial charge in [0.25, 0.3) is 0 Å². The predicted octanol–water partition coefficient (Wildman–Crippen LogP) is 3.04. The minimum absolute atomic E-state index is 0.146. The van der Waals surface area contributed by atoms with E-state index >= 15 is 0 Å². The van der Waals surface area contributed by atoms with Crippen molar-refractivity contribution >= 4 is 5.91 Å². The number of hydrogen-bond acceptors (Lipinski definition) is 2. The Balaban J connectivity index is 1.64. The SMILES string of the molecule is O=C(NCC1(c2ccccc2)CCCC1)C1CCOCC1. The molecule has 0 spiro atoms. The van der Waals surface area contributed by atoms with Crippen LogP contribution in [0.1, 0.15) is 44.1 Å². The number of carbonyl (C=O) groups is 1. The van der Waals surface area contributed by atoms with E-state index in [1.54, 1.807) is 0 Å². The van der Waals surface area contributed by atoms with Crippen molar-refractivity contribution in [3.8, 4) is 0 Å². The summed E-state index contributed by atoms with van der Waals surface area (Å²) in [7, 11) is 0. The molecule has 1 N–H and O–H groups in total. The first kappa shape index (κ1) is 14.6. The fraction of sp³-hybridized carbons (Fsp3) is 0.611. The van der Waals surface area contributed by atoms with Gasteiger partial charge in [0.1, 0.15) is 0 Å². The van der Waals surface area contributed by atoms with Crippen LogP contribution in [0.5, 0.6) is 0 Å². The second kappa shape index (κ2) is 6.61. The van der Waals surface area contributed by atoms with Crippen LogP contribution < -0.4 is 5.32 Å². The molecule has 2 aliphatic rings. The zero-order valence-electron chi connectivity index (χ0n) is 12.6. The molecule has 0 atom stereocenters. The lowest BCUT2D eigenvalue weighted by Gasteiger charge is -2.31. The molecule has 21 heavy (non-hydrogen) atoms. The third kappa shape index (κ3) is 3.29. The van der Waals surface area contributed by atoms with Gasteiger partial charge >= 0.3 is 0 Å². The molecule has 1 amide bonds. The summed E-state index contributed by atoms with van der Waals surface area (Å²) in [5.41, 5.74) is 1.54. The lowest BCUT2D eigenvalue weighted by atomic mass is 9.78. The molecule has 1 aromatic rings. The second-order valence-corrected chi connectivity index (χ2v) is 6.46. The van der Waals surface area contributed by atoms with E-state index in [2.05, 4.69) is 35.6 Å². The van der Waals surface area contributed by atoms with Crippen molar-refractivity contribution in [1.82, 2.24) is 5.32 Å². The van der Waals surface area contributed by atoms with Gasteiger partial charge in [-0.15, -0.1) is 0 Å². The third-order valence-electron chi connectivity index (χ3n) is 5.14. The average Bonchev–Trinajstić information content (AvgIpc) is 3.04. The van der Waals surface area contributed by atoms with Crippen molar-refractivity contribution in [2.24, 2.45) is 5.92 Å². The lowest BCUT2D eigenvalue weighted by molar-refractivity contribution is -0.128. The first-order valence-corrected chi connectivity index (χ1v) is 8.21. The average molecular weight is 287 g/mol. The molecule has 3 heteroatoms. The highest BCUT2D eigenvalue weighted by atomic mass is 16.5. The fourth-order valence-electron chi connectivity index (χ4n) is 3.77. The molecule has 2 fully saturated rings. The van der Waals surface area contributed by atoms with Gasteiger partial charge in [-0.1, -0.05) is 43.2 Å². The molecule has 114 valence electrons. The quantitative estimate of drug-likeness (QED) is 0.924. The van der Waals surface area contributed by atoms with E-state index in [-0.39, 0.29) is 17.2 Å². The van der Waals surface area contributed by atoms with Gasteiger partial charge in [0.15, 0.2) is 0 Å². The molecule has 1 aliphatic carbocycles. The maximum absolute atomic E-state index is 12.4. The third-order valence-corrected chi connectivity index (χ3v) is 5.14. The van der Waals surface area contributed by atoms with Crippen LogP contribution in [-0.2, 0) is 14.9 Å². The molecule has 3 rings (SSSR count).